The van der Waals surface area contributed by atoms with E-state index in [1.54, 1.807) is 16.9 Å². The summed E-state index contributed by atoms with van der Waals surface area (Å²) in [6.07, 6.45) is 6.00. The third-order valence-corrected chi connectivity index (χ3v) is 3.22. The van der Waals surface area contributed by atoms with E-state index in [-0.39, 0.29) is 6.04 Å². The van der Waals surface area contributed by atoms with Crippen LogP contribution in [0.5, 0.6) is 0 Å². The number of hydrogen-bond acceptors (Lipinski definition) is 2. The molecule has 2 rings (SSSR count). The Balaban J connectivity index is 2.15. The Bertz CT molecular complexity index is 351. The van der Waals surface area contributed by atoms with Crippen LogP contribution < -0.4 is 0 Å². The molecule has 1 aliphatic carbocycles. The highest BCUT2D eigenvalue weighted by atomic mass is 16.4. The van der Waals surface area contributed by atoms with Crippen molar-refractivity contribution in [1.29, 1.82) is 0 Å². The van der Waals surface area contributed by atoms with E-state index >= 15 is 0 Å². The van der Waals surface area contributed by atoms with Crippen LogP contribution in [0.2, 0.25) is 0 Å². The minimum absolute atomic E-state index is 0.280. The van der Waals surface area contributed by atoms with Gasteiger partial charge in [0.25, 0.3) is 0 Å². The van der Waals surface area contributed by atoms with Crippen LogP contribution in [0.3, 0.4) is 0 Å². The van der Waals surface area contributed by atoms with Crippen LogP contribution in [0.15, 0.2) is 12.3 Å². The van der Waals surface area contributed by atoms with Gasteiger partial charge in [0.1, 0.15) is 5.69 Å². The maximum absolute atomic E-state index is 10.9. The molecule has 0 radical (unpaired) electrons. The van der Waals surface area contributed by atoms with Gasteiger partial charge in [-0.15, -0.1) is 0 Å². The zero-order chi connectivity index (χ0) is 10.8. The lowest BCUT2D eigenvalue weighted by atomic mass is 9.87. The predicted molar refractivity (Wildman–Crippen MR) is 55.9 cm³/mol. The molecule has 4 heteroatoms. The first-order chi connectivity index (χ1) is 7.18. The maximum atomic E-state index is 10.9. The molecule has 1 N–H and O–H groups in total. The predicted octanol–water partition coefficient (Wildman–Crippen LogP) is 2.33. The monoisotopic (exact) mass is 208 g/mol. The normalized spacial score (nSPS) is 26.5. The molecule has 0 bridgehead atoms. The number of aromatic carboxylic acids is 1. The highest BCUT2D eigenvalue weighted by Gasteiger charge is 2.23. The molecular formula is C11H16N2O2. The van der Waals surface area contributed by atoms with Gasteiger partial charge in [-0.05, 0) is 37.7 Å². The molecule has 0 unspecified atom stereocenters. The second kappa shape index (κ2) is 4.04. The molecule has 15 heavy (non-hydrogen) atoms. The van der Waals surface area contributed by atoms with Crippen molar-refractivity contribution < 1.29 is 9.90 Å². The maximum Gasteiger partial charge on any atom is 0.354 e. The molecular weight excluding hydrogens is 192 g/mol. The summed E-state index contributed by atoms with van der Waals surface area (Å²) in [5, 5.41) is 13.1. The number of carbonyl (C=O) groups is 1. The molecule has 1 aliphatic rings. The standard InChI is InChI=1S/C11H16N2O2/c1-8-2-4-9(5-3-8)13-10(11(14)15)6-7-12-13/h6-9H,2-5H2,1H3,(H,14,15). The van der Waals surface area contributed by atoms with E-state index in [1.807, 2.05) is 0 Å². The molecule has 0 atom stereocenters. The molecule has 1 saturated carbocycles. The molecule has 0 aliphatic heterocycles. The molecule has 0 saturated heterocycles. The minimum Gasteiger partial charge on any atom is -0.477 e. The Morgan fingerprint density at radius 2 is 2.13 bits per heavy atom. The average Bonchev–Trinajstić information content (AvgIpc) is 2.67. The second-order valence-corrected chi connectivity index (χ2v) is 4.38. The summed E-state index contributed by atoms with van der Waals surface area (Å²) < 4.78 is 1.67. The van der Waals surface area contributed by atoms with Crippen LogP contribution in [-0.2, 0) is 0 Å². The molecule has 0 amide bonds. The number of aromatic nitrogens is 2. The number of carboxylic acids is 1. The van der Waals surface area contributed by atoms with Crippen molar-refractivity contribution in [2.75, 3.05) is 0 Å². The van der Waals surface area contributed by atoms with Gasteiger partial charge in [-0.3, -0.25) is 4.68 Å². The van der Waals surface area contributed by atoms with Gasteiger partial charge in [0, 0.05) is 6.20 Å². The number of rotatable bonds is 2. The zero-order valence-electron chi connectivity index (χ0n) is 8.89. The summed E-state index contributed by atoms with van der Waals surface area (Å²) >= 11 is 0. The van der Waals surface area contributed by atoms with Gasteiger partial charge in [-0.1, -0.05) is 6.92 Å². The first kappa shape index (κ1) is 10.2. The van der Waals surface area contributed by atoms with E-state index in [2.05, 4.69) is 12.0 Å². The van der Waals surface area contributed by atoms with Gasteiger partial charge in [0.05, 0.1) is 6.04 Å². The summed E-state index contributed by atoms with van der Waals surface area (Å²) in [6, 6.07) is 1.85. The Hall–Kier alpha value is -1.32. The first-order valence-electron chi connectivity index (χ1n) is 5.45. The molecule has 0 spiro atoms. The van der Waals surface area contributed by atoms with Crippen LogP contribution in [-0.4, -0.2) is 20.9 Å². The molecule has 1 aromatic heterocycles. The van der Waals surface area contributed by atoms with Crippen LogP contribution in [0, 0.1) is 5.92 Å². The number of carboxylic acid groups (broad SMARTS) is 1. The molecule has 1 heterocycles. The van der Waals surface area contributed by atoms with Gasteiger partial charge in [-0.25, -0.2) is 4.79 Å². The van der Waals surface area contributed by atoms with E-state index in [9.17, 15) is 4.79 Å². The molecule has 0 aromatic carbocycles. The van der Waals surface area contributed by atoms with Crippen molar-refractivity contribution in [2.45, 2.75) is 38.6 Å². The van der Waals surface area contributed by atoms with E-state index in [0.717, 1.165) is 18.8 Å². The van der Waals surface area contributed by atoms with E-state index in [4.69, 9.17) is 5.11 Å². The van der Waals surface area contributed by atoms with E-state index < -0.39 is 5.97 Å². The lowest BCUT2D eigenvalue weighted by Crippen LogP contribution is -2.21. The first-order valence-corrected chi connectivity index (χ1v) is 5.45. The van der Waals surface area contributed by atoms with Crippen molar-refractivity contribution in [2.24, 2.45) is 5.92 Å². The fraction of sp³-hybridized carbons (Fsp3) is 0.636. The smallest absolute Gasteiger partial charge is 0.354 e. The second-order valence-electron chi connectivity index (χ2n) is 4.38. The third-order valence-electron chi connectivity index (χ3n) is 3.22. The van der Waals surface area contributed by atoms with Crippen molar-refractivity contribution >= 4 is 5.97 Å². The van der Waals surface area contributed by atoms with Crippen molar-refractivity contribution in [3.05, 3.63) is 18.0 Å². The van der Waals surface area contributed by atoms with Crippen LogP contribution in [0.1, 0.15) is 49.1 Å². The summed E-state index contributed by atoms with van der Waals surface area (Å²) in [4.78, 5) is 10.9. The summed E-state index contributed by atoms with van der Waals surface area (Å²) in [7, 11) is 0. The van der Waals surface area contributed by atoms with Gasteiger partial charge < -0.3 is 5.11 Å². The molecule has 4 nitrogen and oxygen atoms in total. The van der Waals surface area contributed by atoms with Gasteiger partial charge >= 0.3 is 5.97 Å². The number of hydrogen-bond donors (Lipinski definition) is 1. The number of nitrogens with zero attached hydrogens (tertiary/aromatic N) is 2. The largest absolute Gasteiger partial charge is 0.477 e. The van der Waals surface area contributed by atoms with Crippen molar-refractivity contribution in [3.8, 4) is 0 Å². The average molecular weight is 208 g/mol. The summed E-state index contributed by atoms with van der Waals surface area (Å²) in [5.41, 5.74) is 0.314. The van der Waals surface area contributed by atoms with Crippen molar-refractivity contribution in [3.63, 3.8) is 0 Å². The fourth-order valence-electron chi connectivity index (χ4n) is 2.26. The van der Waals surface area contributed by atoms with E-state index in [1.165, 1.54) is 12.8 Å². The zero-order valence-corrected chi connectivity index (χ0v) is 8.89. The third kappa shape index (κ3) is 2.03. The fourth-order valence-corrected chi connectivity index (χ4v) is 2.26. The highest BCUT2D eigenvalue weighted by Crippen LogP contribution is 2.31. The molecule has 1 fully saturated rings. The lowest BCUT2D eigenvalue weighted by Gasteiger charge is -2.27. The van der Waals surface area contributed by atoms with Crippen LogP contribution in [0.4, 0.5) is 0 Å². The Morgan fingerprint density at radius 3 is 2.73 bits per heavy atom. The van der Waals surface area contributed by atoms with Crippen molar-refractivity contribution in [1.82, 2.24) is 9.78 Å². The molecule has 82 valence electrons. The van der Waals surface area contributed by atoms with Crippen LogP contribution in [0.25, 0.3) is 0 Å². The Morgan fingerprint density at radius 1 is 1.47 bits per heavy atom. The SMILES string of the molecule is CC1CCC(n2nccc2C(=O)O)CC1. The lowest BCUT2D eigenvalue weighted by molar-refractivity contribution is 0.0677. The van der Waals surface area contributed by atoms with Gasteiger partial charge in [-0.2, -0.15) is 5.10 Å². The van der Waals surface area contributed by atoms with Gasteiger partial charge in [0.2, 0.25) is 0 Å². The van der Waals surface area contributed by atoms with E-state index in [0.29, 0.717) is 5.69 Å². The van der Waals surface area contributed by atoms with Gasteiger partial charge in [0.15, 0.2) is 0 Å². The summed E-state index contributed by atoms with van der Waals surface area (Å²) in [5.74, 6) is -0.115. The highest BCUT2D eigenvalue weighted by molar-refractivity contribution is 5.85. The topological polar surface area (TPSA) is 55.1 Å². The Kier molecular flexibility index (Phi) is 2.75. The van der Waals surface area contributed by atoms with Crippen LogP contribution >= 0.6 is 0 Å². The Labute approximate surface area is 88.9 Å². The molecule has 1 aromatic rings. The summed E-state index contributed by atoms with van der Waals surface area (Å²) in [6.45, 7) is 2.25. The quantitative estimate of drug-likeness (QED) is 0.811. The minimum atomic E-state index is -0.883.